The maximum atomic E-state index is 12.7. The largest absolute Gasteiger partial charge is 0.328 e. The first-order valence-electron chi connectivity index (χ1n) is 7.43. The van der Waals surface area contributed by atoms with Crippen LogP contribution in [0.4, 0.5) is 5.82 Å². The maximum Gasteiger partial charge on any atom is 0.328 e. The van der Waals surface area contributed by atoms with Gasteiger partial charge in [0.1, 0.15) is 4.90 Å². The third-order valence-corrected chi connectivity index (χ3v) is 4.96. The zero-order valence-electron chi connectivity index (χ0n) is 13.1. The van der Waals surface area contributed by atoms with E-state index in [0.29, 0.717) is 22.2 Å². The number of amidine groups is 1. The zero-order chi connectivity index (χ0) is 17.7. The van der Waals surface area contributed by atoms with Crippen LogP contribution in [-0.2, 0) is 10.0 Å². The average Bonchev–Trinajstić information content (AvgIpc) is 2.63. The van der Waals surface area contributed by atoms with E-state index in [1.165, 1.54) is 24.3 Å². The topological polar surface area (TPSA) is 73.0 Å². The molecule has 0 saturated heterocycles. The minimum atomic E-state index is -3.78. The van der Waals surface area contributed by atoms with Gasteiger partial charge >= 0.3 is 10.0 Å². The summed E-state index contributed by atoms with van der Waals surface area (Å²) >= 11 is 5.83. The monoisotopic (exact) mass is 372 g/mol. The molecule has 0 unspecified atom stereocenters. The number of nitrogens with one attached hydrogen (secondary N) is 2. The molecule has 0 atom stereocenters. The molecule has 1 aromatic heterocycles. The van der Waals surface area contributed by atoms with Gasteiger partial charge in [-0.15, -0.1) is 0 Å². The van der Waals surface area contributed by atoms with Gasteiger partial charge in [0.05, 0.1) is 5.56 Å². The zero-order valence-corrected chi connectivity index (χ0v) is 14.6. The molecule has 2 N–H and O–H groups in total. The Morgan fingerprint density at radius 2 is 1.60 bits per heavy atom. The molecule has 25 heavy (non-hydrogen) atoms. The number of pyridine rings is 1. The van der Waals surface area contributed by atoms with Crippen molar-refractivity contribution < 1.29 is 12.8 Å². The van der Waals surface area contributed by atoms with E-state index in [9.17, 15) is 8.42 Å². The van der Waals surface area contributed by atoms with Crippen molar-refractivity contribution in [3.8, 4) is 0 Å². The van der Waals surface area contributed by atoms with Gasteiger partial charge in [-0.3, -0.25) is 0 Å². The minimum Gasteiger partial charge on any atom is -0.223 e. The van der Waals surface area contributed by atoms with E-state index in [2.05, 4.69) is 14.7 Å². The number of hydrogen-bond donors (Lipinski definition) is 2. The molecule has 0 aliphatic carbocycles. The molecule has 0 bridgehead atoms. The van der Waals surface area contributed by atoms with Gasteiger partial charge in [-0.25, -0.2) is 10.3 Å². The third kappa shape index (κ3) is 4.43. The van der Waals surface area contributed by atoms with Crippen LogP contribution in [0.25, 0.3) is 0 Å². The normalized spacial score (nSPS) is 12.0. The van der Waals surface area contributed by atoms with Gasteiger partial charge in [-0.1, -0.05) is 35.9 Å². The highest BCUT2D eigenvalue weighted by molar-refractivity contribution is 7.84. The lowest BCUT2D eigenvalue weighted by molar-refractivity contribution is -0.266. The number of hydrogen-bond acceptors (Lipinski definition) is 3. The Morgan fingerprint density at radius 3 is 2.24 bits per heavy atom. The fraction of sp³-hybridized carbons (Fsp3) is 0. The Labute approximate surface area is 151 Å². The highest BCUT2D eigenvalue weighted by Crippen LogP contribution is 2.12. The van der Waals surface area contributed by atoms with Crippen molar-refractivity contribution in [2.45, 2.75) is 4.90 Å². The van der Waals surface area contributed by atoms with E-state index in [0.717, 1.165) is 0 Å². The number of nitrogens with zero attached hydrogens (tertiary/aromatic N) is 1. The molecule has 0 aliphatic heterocycles. The van der Waals surface area contributed by atoms with Crippen LogP contribution < -0.4 is 9.71 Å². The maximum absolute atomic E-state index is 12.7. The Morgan fingerprint density at radius 1 is 0.920 bits per heavy atom. The number of aromatic nitrogens is 1. The number of sulfonamides is 1. The van der Waals surface area contributed by atoms with Crippen molar-refractivity contribution in [3.05, 3.63) is 89.6 Å². The van der Waals surface area contributed by atoms with Crippen LogP contribution in [0.5, 0.6) is 0 Å². The van der Waals surface area contributed by atoms with Gasteiger partial charge in [0, 0.05) is 17.3 Å². The van der Waals surface area contributed by atoms with Crippen LogP contribution in [0.3, 0.4) is 0 Å². The van der Waals surface area contributed by atoms with Crippen molar-refractivity contribution in [1.29, 1.82) is 0 Å². The van der Waals surface area contributed by atoms with Gasteiger partial charge < -0.3 is 0 Å². The summed E-state index contributed by atoms with van der Waals surface area (Å²) in [6, 6.07) is 20.4. The van der Waals surface area contributed by atoms with Crippen LogP contribution in [0.1, 0.15) is 5.56 Å². The van der Waals surface area contributed by atoms with Crippen LogP contribution in [0, 0.1) is 0 Å². The molecule has 5 nitrogen and oxygen atoms in total. The lowest BCUT2D eigenvalue weighted by atomic mass is 10.2. The Balaban J connectivity index is 2.04. The SMILES string of the molecule is O=S(=O)([NH+]=C(Nc1ccccn1)c1ccccc1)c1ccc(Cl)cc1. The first-order valence-corrected chi connectivity index (χ1v) is 9.29. The summed E-state index contributed by atoms with van der Waals surface area (Å²) in [6.45, 7) is 0. The summed E-state index contributed by atoms with van der Waals surface area (Å²) in [6.07, 6.45) is 1.62. The molecular formula is C18H15ClN3O2S+. The van der Waals surface area contributed by atoms with E-state index in [1.54, 1.807) is 30.5 Å². The molecule has 3 rings (SSSR count). The van der Waals surface area contributed by atoms with Crippen LogP contribution >= 0.6 is 11.6 Å². The van der Waals surface area contributed by atoms with E-state index in [-0.39, 0.29) is 4.90 Å². The molecule has 0 radical (unpaired) electrons. The van der Waals surface area contributed by atoms with Gasteiger partial charge in [0.2, 0.25) is 5.82 Å². The van der Waals surface area contributed by atoms with Gasteiger partial charge in [0.25, 0.3) is 5.84 Å². The van der Waals surface area contributed by atoms with E-state index in [1.807, 2.05) is 24.3 Å². The van der Waals surface area contributed by atoms with E-state index >= 15 is 0 Å². The van der Waals surface area contributed by atoms with Gasteiger partial charge in [-0.2, -0.15) is 12.8 Å². The predicted molar refractivity (Wildman–Crippen MR) is 98.0 cm³/mol. The fourth-order valence-corrected chi connectivity index (χ4v) is 3.31. The number of anilines is 1. The van der Waals surface area contributed by atoms with Crippen molar-refractivity contribution >= 4 is 33.3 Å². The van der Waals surface area contributed by atoms with Crippen molar-refractivity contribution in [2.75, 3.05) is 5.32 Å². The summed E-state index contributed by atoms with van der Waals surface area (Å²) in [5.41, 5.74) is 0.686. The molecule has 0 amide bonds. The lowest BCUT2D eigenvalue weighted by Crippen LogP contribution is -2.78. The quantitative estimate of drug-likeness (QED) is 0.543. The van der Waals surface area contributed by atoms with E-state index in [4.69, 9.17) is 11.6 Å². The fourth-order valence-electron chi connectivity index (χ4n) is 2.13. The minimum absolute atomic E-state index is 0.119. The van der Waals surface area contributed by atoms with Gasteiger partial charge in [0.15, 0.2) is 0 Å². The number of halogens is 1. The number of benzene rings is 2. The smallest absolute Gasteiger partial charge is 0.223 e. The first kappa shape index (κ1) is 17.1. The summed E-state index contributed by atoms with van der Waals surface area (Å²) in [7, 11) is -3.78. The molecule has 1 heterocycles. The lowest BCUT2D eigenvalue weighted by Gasteiger charge is -2.04. The highest BCUT2D eigenvalue weighted by atomic mass is 35.5. The third-order valence-electron chi connectivity index (χ3n) is 3.34. The molecule has 0 saturated carbocycles. The molecule has 0 fully saturated rings. The van der Waals surface area contributed by atoms with Crippen molar-refractivity contribution in [2.24, 2.45) is 0 Å². The standard InChI is InChI=1S/C18H14ClN3O2S/c19-15-9-11-16(12-10-15)25(23,24)22-18(14-6-2-1-3-7-14)21-17-8-4-5-13-20-17/h1-13H,(H,20,21,22)/p+1. The Kier molecular flexibility index (Phi) is 5.11. The molecule has 0 aliphatic rings. The summed E-state index contributed by atoms with van der Waals surface area (Å²) < 4.78 is 28.0. The summed E-state index contributed by atoms with van der Waals surface area (Å²) in [5.74, 6) is 0.842. The summed E-state index contributed by atoms with van der Waals surface area (Å²) in [5, 5.41) is 3.49. The molecule has 0 spiro atoms. The second-order valence-electron chi connectivity index (χ2n) is 5.14. The van der Waals surface area contributed by atoms with Gasteiger partial charge in [-0.05, 0) is 42.5 Å². The van der Waals surface area contributed by atoms with Crippen molar-refractivity contribution in [3.63, 3.8) is 0 Å². The van der Waals surface area contributed by atoms with Crippen molar-refractivity contribution in [1.82, 2.24) is 4.98 Å². The second-order valence-corrected chi connectivity index (χ2v) is 7.26. The van der Waals surface area contributed by atoms with Crippen LogP contribution in [0.15, 0.2) is 83.9 Å². The molecule has 126 valence electrons. The van der Waals surface area contributed by atoms with Crippen LogP contribution in [0.2, 0.25) is 5.02 Å². The molecule has 3 aromatic rings. The highest BCUT2D eigenvalue weighted by Gasteiger charge is 2.20. The average molecular weight is 373 g/mol. The number of rotatable bonds is 4. The predicted octanol–water partition coefficient (Wildman–Crippen LogP) is 2.06. The first-order chi connectivity index (χ1) is 12.0. The Hall–Kier alpha value is -2.70. The second kappa shape index (κ2) is 7.46. The molecule has 7 heteroatoms. The van der Waals surface area contributed by atoms with E-state index < -0.39 is 10.0 Å². The molecular weight excluding hydrogens is 358 g/mol. The molecule has 2 aromatic carbocycles. The summed E-state index contributed by atoms with van der Waals surface area (Å²) in [4.78, 5) is 4.29. The van der Waals surface area contributed by atoms with Crippen LogP contribution in [-0.4, -0.2) is 19.2 Å². The Bertz CT molecular complexity index is 974.